The lowest BCUT2D eigenvalue weighted by Crippen LogP contribution is -2.31. The van der Waals surface area contributed by atoms with Crippen LogP contribution in [0.15, 0.2) is 52.0 Å². The van der Waals surface area contributed by atoms with Crippen LogP contribution >= 0.6 is 11.8 Å². The van der Waals surface area contributed by atoms with E-state index in [2.05, 4.69) is 9.98 Å². The van der Waals surface area contributed by atoms with Crippen LogP contribution in [0, 0.1) is 17.1 Å². The molecule has 188 valence electrons. The van der Waals surface area contributed by atoms with Gasteiger partial charge in [-0.15, -0.1) is 0 Å². The van der Waals surface area contributed by atoms with Crippen molar-refractivity contribution in [2.24, 2.45) is 10.7 Å². The summed E-state index contributed by atoms with van der Waals surface area (Å²) in [6, 6.07) is 9.45. The van der Waals surface area contributed by atoms with E-state index < -0.39 is 17.3 Å². The summed E-state index contributed by atoms with van der Waals surface area (Å²) in [6.45, 7) is 4.09. The third-order valence-corrected chi connectivity index (χ3v) is 7.47. The van der Waals surface area contributed by atoms with Gasteiger partial charge in [-0.3, -0.25) is 19.7 Å². The molecule has 1 aromatic carbocycles. The van der Waals surface area contributed by atoms with Gasteiger partial charge in [-0.25, -0.2) is 13.2 Å². The molecule has 0 spiro atoms. The Labute approximate surface area is 212 Å². The summed E-state index contributed by atoms with van der Waals surface area (Å²) in [5, 5.41) is 9.17. The number of Topliss-reactive ketones (excluding diaryl/α,β-unsaturated/α-hetero) is 1. The van der Waals surface area contributed by atoms with Crippen LogP contribution in [0.3, 0.4) is 0 Å². The predicted octanol–water partition coefficient (Wildman–Crippen LogP) is 4.80. The second-order valence-corrected chi connectivity index (χ2v) is 10.6. The van der Waals surface area contributed by atoms with E-state index in [0.717, 1.165) is 10.5 Å². The van der Waals surface area contributed by atoms with Gasteiger partial charge in [-0.1, -0.05) is 17.8 Å². The minimum absolute atomic E-state index is 0.00109. The van der Waals surface area contributed by atoms with Crippen molar-refractivity contribution in [3.8, 4) is 6.07 Å². The number of halogens is 3. The van der Waals surface area contributed by atoms with Gasteiger partial charge >= 0.3 is 0 Å². The number of benzene rings is 1. The number of alkyl halides is 2. The number of rotatable bonds is 6. The number of nitriles is 1. The molecule has 2 aromatic rings. The number of aromatic nitrogens is 1. The van der Waals surface area contributed by atoms with Crippen LogP contribution < -0.4 is 5.73 Å². The van der Waals surface area contributed by atoms with Crippen molar-refractivity contribution >= 4 is 22.7 Å². The highest BCUT2D eigenvalue weighted by Crippen LogP contribution is 2.43. The Bertz CT molecular complexity index is 1290. The minimum atomic E-state index is -2.67. The smallest absolute Gasteiger partial charge is 0.261 e. The highest BCUT2D eigenvalue weighted by Gasteiger charge is 2.39. The largest absolute Gasteiger partial charge is 0.378 e. The first kappa shape index (κ1) is 25.9. The Balaban J connectivity index is 1.57. The number of hydrogen-bond acceptors (Lipinski definition) is 7. The van der Waals surface area contributed by atoms with Gasteiger partial charge in [0.2, 0.25) is 0 Å². The zero-order chi connectivity index (χ0) is 26.1. The number of ketones is 1. The molecular formula is C26H26F3N5OS. The molecule has 0 bridgehead atoms. The van der Waals surface area contributed by atoms with Crippen molar-refractivity contribution < 1.29 is 18.0 Å². The number of nitrogens with two attached hydrogens (primary N) is 1. The molecule has 0 unspecified atom stereocenters. The van der Waals surface area contributed by atoms with Crippen molar-refractivity contribution in [2.45, 2.75) is 44.6 Å². The Kier molecular flexibility index (Phi) is 7.25. The third-order valence-electron chi connectivity index (χ3n) is 6.43. The van der Waals surface area contributed by atoms with Gasteiger partial charge in [0.1, 0.15) is 17.6 Å². The van der Waals surface area contributed by atoms with Gasteiger partial charge in [0.25, 0.3) is 5.92 Å². The molecule has 10 heteroatoms. The number of amidine groups is 1. The van der Waals surface area contributed by atoms with E-state index in [1.807, 2.05) is 13.0 Å². The summed E-state index contributed by atoms with van der Waals surface area (Å²) in [6.07, 6.45) is 1.54. The standard InChI is InChI=1S/C26H26F3N5OS/c1-16(14-34-8-7-26(28,29)15-34)23-11-25(2,33-24(31)36-23)19-9-17(3-5-20(19)27)10-22(35)21-6-4-18(12-30)13-32-21/h3-6,9,13H,7-8,10-11,14-15H2,1-2H3,(H2,31,33)/b23-16-/t25-/m0/s1. The summed E-state index contributed by atoms with van der Waals surface area (Å²) in [7, 11) is 0. The van der Waals surface area contributed by atoms with Gasteiger partial charge in [0.15, 0.2) is 11.0 Å². The Hall–Kier alpha value is -3.16. The maximum atomic E-state index is 15.1. The second-order valence-electron chi connectivity index (χ2n) is 9.48. The molecular weight excluding hydrogens is 487 g/mol. The average molecular weight is 514 g/mol. The van der Waals surface area contributed by atoms with Crippen LogP contribution in [0.2, 0.25) is 0 Å². The molecule has 1 aromatic heterocycles. The molecule has 1 saturated heterocycles. The quantitative estimate of drug-likeness (QED) is 0.558. The maximum absolute atomic E-state index is 15.1. The first-order valence-corrected chi connectivity index (χ1v) is 12.3. The first-order valence-electron chi connectivity index (χ1n) is 11.5. The van der Waals surface area contributed by atoms with E-state index in [9.17, 15) is 13.6 Å². The molecule has 0 saturated carbocycles. The number of pyridine rings is 1. The third kappa shape index (κ3) is 5.79. The van der Waals surface area contributed by atoms with Gasteiger partial charge in [0.05, 0.1) is 17.6 Å². The van der Waals surface area contributed by atoms with Crippen LogP contribution in [-0.2, 0) is 12.0 Å². The van der Waals surface area contributed by atoms with Crippen molar-refractivity contribution in [3.63, 3.8) is 0 Å². The second kappa shape index (κ2) is 10.1. The molecule has 0 radical (unpaired) electrons. The first-order chi connectivity index (χ1) is 17.0. The number of thioether (sulfide) groups is 1. The number of aliphatic imine (C=N–C) groups is 1. The van der Waals surface area contributed by atoms with Crippen molar-refractivity contribution in [1.82, 2.24) is 9.88 Å². The predicted molar refractivity (Wildman–Crippen MR) is 133 cm³/mol. The Morgan fingerprint density at radius 2 is 2.08 bits per heavy atom. The van der Waals surface area contributed by atoms with E-state index in [4.69, 9.17) is 11.0 Å². The topological polar surface area (TPSA) is 95.4 Å². The van der Waals surface area contributed by atoms with Crippen LogP contribution in [0.4, 0.5) is 13.2 Å². The molecule has 36 heavy (non-hydrogen) atoms. The van der Waals surface area contributed by atoms with Crippen molar-refractivity contribution in [2.75, 3.05) is 19.6 Å². The monoisotopic (exact) mass is 513 g/mol. The highest BCUT2D eigenvalue weighted by atomic mass is 32.2. The molecule has 2 aliphatic rings. The summed E-state index contributed by atoms with van der Waals surface area (Å²) < 4.78 is 42.3. The Morgan fingerprint density at radius 1 is 1.31 bits per heavy atom. The number of carbonyl (C=O) groups excluding carboxylic acids is 1. The summed E-state index contributed by atoms with van der Waals surface area (Å²) in [5.74, 6) is -3.40. The minimum Gasteiger partial charge on any atom is -0.378 e. The fraction of sp³-hybridized carbons (Fsp3) is 0.385. The van der Waals surface area contributed by atoms with Crippen LogP contribution in [0.5, 0.6) is 0 Å². The number of nitrogens with zero attached hydrogens (tertiary/aromatic N) is 4. The van der Waals surface area contributed by atoms with Crippen LogP contribution in [0.25, 0.3) is 0 Å². The van der Waals surface area contributed by atoms with E-state index in [-0.39, 0.29) is 36.0 Å². The van der Waals surface area contributed by atoms with E-state index in [1.54, 1.807) is 24.0 Å². The van der Waals surface area contributed by atoms with Crippen molar-refractivity contribution in [3.05, 3.63) is 75.2 Å². The molecule has 2 N–H and O–H groups in total. The van der Waals surface area contributed by atoms with Crippen molar-refractivity contribution in [1.29, 1.82) is 5.26 Å². The van der Waals surface area contributed by atoms with Gasteiger partial charge < -0.3 is 5.73 Å². The molecule has 4 rings (SSSR count). The molecule has 1 atom stereocenters. The molecule has 2 aliphatic heterocycles. The molecule has 0 amide bonds. The zero-order valence-electron chi connectivity index (χ0n) is 20.0. The molecule has 6 nitrogen and oxygen atoms in total. The lowest BCUT2D eigenvalue weighted by molar-refractivity contribution is 0.0131. The fourth-order valence-electron chi connectivity index (χ4n) is 4.54. The van der Waals surface area contributed by atoms with Crippen LogP contribution in [-0.4, -0.2) is 46.4 Å². The lowest BCUT2D eigenvalue weighted by atomic mass is 9.86. The van der Waals surface area contributed by atoms with Gasteiger partial charge in [-0.05, 0) is 54.2 Å². The fourth-order valence-corrected chi connectivity index (χ4v) is 5.63. The molecule has 1 fully saturated rings. The SMILES string of the molecule is C/C(CN1CCC(F)(F)C1)=C1\C[C@@](C)(c2cc(CC(=O)c3ccc(C#N)cn3)ccc2F)N=C(N)S1. The lowest BCUT2D eigenvalue weighted by Gasteiger charge is -2.33. The normalized spacial score (nSPS) is 23.2. The summed E-state index contributed by atoms with van der Waals surface area (Å²) in [5.41, 5.74) is 7.49. The number of carbonyl (C=O) groups is 1. The molecule has 3 heterocycles. The number of likely N-dealkylation sites (tertiary alicyclic amines) is 1. The van der Waals surface area contributed by atoms with E-state index in [0.29, 0.717) is 36.2 Å². The average Bonchev–Trinajstić information content (AvgIpc) is 3.17. The Morgan fingerprint density at radius 3 is 2.72 bits per heavy atom. The van der Waals surface area contributed by atoms with Gasteiger partial charge in [-0.2, -0.15) is 5.26 Å². The summed E-state index contributed by atoms with van der Waals surface area (Å²) in [4.78, 5) is 23.9. The summed E-state index contributed by atoms with van der Waals surface area (Å²) >= 11 is 1.28. The van der Waals surface area contributed by atoms with Crippen LogP contribution in [0.1, 0.15) is 53.9 Å². The molecule has 0 aliphatic carbocycles. The zero-order valence-corrected chi connectivity index (χ0v) is 20.8. The van der Waals surface area contributed by atoms with E-state index in [1.165, 1.54) is 36.2 Å². The highest BCUT2D eigenvalue weighted by molar-refractivity contribution is 8.17. The van der Waals surface area contributed by atoms with E-state index >= 15 is 4.39 Å². The number of hydrogen-bond donors (Lipinski definition) is 1. The maximum Gasteiger partial charge on any atom is 0.261 e. The van der Waals surface area contributed by atoms with Gasteiger partial charge in [0, 0.05) is 44.1 Å².